The van der Waals surface area contributed by atoms with E-state index in [0.29, 0.717) is 11.5 Å². The number of aryl methyl sites for hydroxylation is 4. The molecule has 0 bridgehead atoms. The van der Waals surface area contributed by atoms with Crippen LogP contribution in [0.4, 0.5) is 0 Å². The summed E-state index contributed by atoms with van der Waals surface area (Å²) >= 11 is 0. The molecule has 1 N–H and O–H groups in total. The van der Waals surface area contributed by atoms with E-state index in [1.54, 1.807) is 6.07 Å². The third kappa shape index (κ3) is 10.8. The Morgan fingerprint density at radius 2 is 0.957 bits per heavy atom. The molecule has 0 radical (unpaired) electrons. The monoisotopic (exact) mass is 1400 g/mol. The molecule has 0 amide bonds. The van der Waals surface area contributed by atoms with E-state index < -0.39 is 0 Å². The maximum absolute atomic E-state index is 11.7. The Morgan fingerprint density at radius 1 is 0.436 bits per heavy atom. The topological polar surface area (TPSA) is 64.1 Å². The Hall–Kier alpha value is -9.67. The van der Waals surface area contributed by atoms with Crippen molar-refractivity contribution in [1.29, 1.82) is 0 Å². The Balaban J connectivity index is 0.00000763. The number of aromatic hydroxyl groups is 1. The molecule has 0 atom stereocenters. The van der Waals surface area contributed by atoms with Gasteiger partial charge in [0.25, 0.3) is 0 Å². The molecule has 3 heterocycles. The summed E-state index contributed by atoms with van der Waals surface area (Å²) in [5.41, 5.74) is 29.0. The summed E-state index contributed by atoms with van der Waals surface area (Å²) in [6.07, 6.45) is 1.64. The zero-order valence-electron chi connectivity index (χ0n) is 55.4. The molecule has 466 valence electrons. The van der Waals surface area contributed by atoms with Crippen molar-refractivity contribution in [1.82, 2.24) is 14.5 Å². The standard InChI is InChI=1S/C88H76N3O2.Pt/c1-53-24-17-25-54(2)84(53)91-73-47-45-70(79-65(55-26-13-12-14-27-55)36-22-37-66(79)58-29-18-32-62(48-58)86(3,4)5)77(83(73)90-85(91)72-46-44-57-43-42-56-28-21-40-74(92)78(56)82(57)89-72)61-51-71(81-69-35-15-16-41-75(69)93-76(81)52-61)80-67(59-30-19-33-63(49-59)87(6,7)8)38-23-39-68(80)60-31-20-34-64(50-60)88(9,10)11;/h12-41,44-50,52,92H,42-43H2,1-11H3;/q-1;. The molecule has 0 unspecified atom stereocenters. The van der Waals surface area contributed by atoms with Crippen LogP contribution < -0.4 is 0 Å². The second-order valence-electron chi connectivity index (χ2n) is 28.6. The van der Waals surface area contributed by atoms with Gasteiger partial charge in [0.1, 0.15) is 17.0 Å². The quantitative estimate of drug-likeness (QED) is 0.146. The van der Waals surface area contributed by atoms with Crippen LogP contribution in [0.15, 0.2) is 235 Å². The number of phenols is 1. The second-order valence-corrected chi connectivity index (χ2v) is 28.6. The number of aromatic nitrogens is 3. The molecule has 0 spiro atoms. The molecule has 0 saturated heterocycles. The van der Waals surface area contributed by atoms with Crippen LogP contribution in [0, 0.1) is 19.9 Å². The molecular weight excluding hydrogens is 1330 g/mol. The number of nitrogens with zero attached hydrogens (tertiary/aromatic N) is 3. The number of imidazole rings is 1. The Morgan fingerprint density at radius 3 is 1.56 bits per heavy atom. The summed E-state index contributed by atoms with van der Waals surface area (Å²) < 4.78 is 9.64. The first-order valence-corrected chi connectivity index (χ1v) is 32.7. The molecule has 15 rings (SSSR count). The predicted octanol–water partition coefficient (Wildman–Crippen LogP) is 23.4. The SMILES string of the molecule is Cc1cccc(C)c1-n1c(-c2ccc3c(n2)-c2c(O)cccc2CC3)nc2c(-c3[c-]c(-c4c(-c5cccc(C(C)(C)C)c5)cccc4-c4cccc(C(C)(C)C)c4)c4c(c3)oc3ccccc34)c(-c3c(-c4ccccc4)cccc3-c3cccc(C(C)(C)C)c3)ccc21.[Pt]. The largest absolute Gasteiger partial charge is 0.507 e. The molecule has 3 aromatic heterocycles. The molecular formula is C88H76N3O2Pt-. The van der Waals surface area contributed by atoms with Crippen LogP contribution >= 0.6 is 0 Å². The minimum absolute atomic E-state index is 0. The van der Waals surface area contributed by atoms with Gasteiger partial charge in [-0.15, -0.1) is 17.2 Å². The molecule has 0 fully saturated rings. The summed E-state index contributed by atoms with van der Waals surface area (Å²) in [5.74, 6) is 0.922. The maximum Gasteiger partial charge on any atom is 0.163 e. The molecule has 5 nitrogen and oxygen atoms in total. The number of hydrogen-bond donors (Lipinski definition) is 1. The van der Waals surface area contributed by atoms with Crippen molar-refractivity contribution in [2.45, 2.75) is 105 Å². The smallest absolute Gasteiger partial charge is 0.163 e. The third-order valence-corrected chi connectivity index (χ3v) is 19.3. The van der Waals surface area contributed by atoms with Crippen LogP contribution in [0.5, 0.6) is 5.75 Å². The van der Waals surface area contributed by atoms with Crippen LogP contribution in [-0.2, 0) is 50.2 Å². The molecule has 14 aromatic rings. The predicted molar refractivity (Wildman–Crippen MR) is 389 cm³/mol. The Kier molecular flexibility index (Phi) is 15.6. The van der Waals surface area contributed by atoms with Crippen LogP contribution in [0.2, 0.25) is 0 Å². The second kappa shape index (κ2) is 23.7. The Labute approximate surface area is 567 Å². The summed E-state index contributed by atoms with van der Waals surface area (Å²) in [6, 6.07) is 88.2. The van der Waals surface area contributed by atoms with Crippen molar-refractivity contribution in [3.8, 4) is 112 Å². The average molecular weight is 1400 g/mol. The molecule has 1 aliphatic carbocycles. The van der Waals surface area contributed by atoms with Gasteiger partial charge >= 0.3 is 0 Å². The normalized spacial score (nSPS) is 12.5. The van der Waals surface area contributed by atoms with Gasteiger partial charge in [0.2, 0.25) is 0 Å². The zero-order chi connectivity index (χ0) is 64.2. The molecule has 0 aliphatic heterocycles. The number of para-hydroxylation sites is 2. The van der Waals surface area contributed by atoms with Crippen molar-refractivity contribution in [3.05, 3.63) is 276 Å². The van der Waals surface area contributed by atoms with Gasteiger partial charge in [0.15, 0.2) is 5.82 Å². The van der Waals surface area contributed by atoms with Gasteiger partial charge in [-0.25, -0.2) is 9.97 Å². The van der Waals surface area contributed by atoms with Crippen molar-refractivity contribution < 1.29 is 30.6 Å². The van der Waals surface area contributed by atoms with Gasteiger partial charge in [0, 0.05) is 26.6 Å². The number of fused-ring (bicyclic) bond motifs is 7. The summed E-state index contributed by atoms with van der Waals surface area (Å²) in [4.78, 5) is 11.7. The molecule has 0 saturated carbocycles. The summed E-state index contributed by atoms with van der Waals surface area (Å²) in [7, 11) is 0. The number of furan rings is 1. The molecule has 11 aromatic carbocycles. The first-order chi connectivity index (χ1) is 44.8. The summed E-state index contributed by atoms with van der Waals surface area (Å²) in [6.45, 7) is 25.0. The number of phenolic OH excluding ortho intramolecular Hbond substituents is 1. The third-order valence-electron chi connectivity index (χ3n) is 19.3. The van der Waals surface area contributed by atoms with Gasteiger partial charge in [0.05, 0.1) is 28.0 Å². The minimum atomic E-state index is -0.107. The van der Waals surface area contributed by atoms with Crippen molar-refractivity contribution in [2.24, 2.45) is 0 Å². The Bertz CT molecular complexity index is 5220. The first-order valence-electron chi connectivity index (χ1n) is 32.7. The summed E-state index contributed by atoms with van der Waals surface area (Å²) in [5, 5.41) is 13.7. The number of hydrogen-bond acceptors (Lipinski definition) is 4. The first kappa shape index (κ1) is 61.8. The van der Waals surface area contributed by atoms with E-state index in [1.165, 1.54) is 16.7 Å². The van der Waals surface area contributed by atoms with Gasteiger partial charge in [-0.3, -0.25) is 4.57 Å². The van der Waals surface area contributed by atoms with E-state index in [0.717, 1.165) is 163 Å². The average Bonchev–Trinajstić information content (AvgIpc) is 1.47. The maximum atomic E-state index is 11.7. The number of benzene rings is 11. The number of pyridine rings is 1. The van der Waals surface area contributed by atoms with E-state index in [1.807, 2.05) is 6.07 Å². The fourth-order valence-electron chi connectivity index (χ4n) is 14.4. The van der Waals surface area contributed by atoms with Crippen molar-refractivity contribution >= 4 is 33.0 Å². The molecule has 6 heteroatoms. The fourth-order valence-corrected chi connectivity index (χ4v) is 14.4. The fraction of sp³-hybridized carbons (Fsp3) is 0.182. The minimum Gasteiger partial charge on any atom is -0.507 e. The van der Waals surface area contributed by atoms with E-state index in [-0.39, 0.29) is 43.1 Å². The van der Waals surface area contributed by atoms with Crippen LogP contribution in [0.1, 0.15) is 101 Å². The van der Waals surface area contributed by atoms with Crippen LogP contribution in [-0.4, -0.2) is 19.6 Å². The van der Waals surface area contributed by atoms with E-state index in [2.05, 4.69) is 305 Å². The van der Waals surface area contributed by atoms with Crippen molar-refractivity contribution in [2.75, 3.05) is 0 Å². The van der Waals surface area contributed by atoms with Gasteiger partial charge in [-0.2, -0.15) is 0 Å². The van der Waals surface area contributed by atoms with E-state index in [9.17, 15) is 5.11 Å². The van der Waals surface area contributed by atoms with E-state index in [4.69, 9.17) is 14.4 Å². The van der Waals surface area contributed by atoms with Crippen molar-refractivity contribution in [3.63, 3.8) is 0 Å². The molecule has 94 heavy (non-hydrogen) atoms. The number of rotatable bonds is 9. The zero-order valence-corrected chi connectivity index (χ0v) is 57.6. The van der Waals surface area contributed by atoms with Crippen LogP contribution in [0.3, 0.4) is 0 Å². The van der Waals surface area contributed by atoms with Gasteiger partial charge in [-0.1, -0.05) is 274 Å². The molecule has 1 aliphatic rings. The van der Waals surface area contributed by atoms with Gasteiger partial charge < -0.3 is 9.52 Å². The van der Waals surface area contributed by atoms with E-state index >= 15 is 0 Å². The van der Waals surface area contributed by atoms with Gasteiger partial charge in [-0.05, 0) is 178 Å². The van der Waals surface area contributed by atoms with Crippen LogP contribution in [0.25, 0.3) is 139 Å².